The lowest BCUT2D eigenvalue weighted by Crippen LogP contribution is -2.46. The fraction of sp³-hybridized carbons (Fsp3) is 0.235. The van der Waals surface area contributed by atoms with Gasteiger partial charge in [-0.15, -0.1) is 0 Å². The van der Waals surface area contributed by atoms with Crippen LogP contribution >= 0.6 is 0 Å². The van der Waals surface area contributed by atoms with Crippen LogP contribution in [-0.4, -0.2) is 24.9 Å². The summed E-state index contributed by atoms with van der Waals surface area (Å²) in [7, 11) is 0. The van der Waals surface area contributed by atoms with Crippen molar-refractivity contribution < 1.29 is 0 Å². The summed E-state index contributed by atoms with van der Waals surface area (Å²) in [5.41, 5.74) is 1.35. The highest BCUT2D eigenvalue weighted by Gasteiger charge is 2.19. The number of nitrogens with one attached hydrogen (secondary N) is 4. The first-order valence-electron chi connectivity index (χ1n) is 7.58. The number of imidazole rings is 1. The number of hydrogen-bond acceptors (Lipinski definition) is 3. The molecule has 7 heteroatoms. The van der Waals surface area contributed by atoms with E-state index in [0.717, 1.165) is 11.4 Å². The monoisotopic (exact) mass is 325 g/mol. The van der Waals surface area contributed by atoms with Crippen molar-refractivity contribution in [3.63, 3.8) is 0 Å². The number of rotatable bonds is 2. The van der Waals surface area contributed by atoms with Gasteiger partial charge < -0.3 is 19.9 Å². The molecule has 0 aliphatic carbocycles. The van der Waals surface area contributed by atoms with Crippen molar-refractivity contribution in [1.82, 2.24) is 24.9 Å². The molecule has 0 fully saturated rings. The number of nitrogens with zero attached hydrogens (tertiary/aromatic N) is 1. The average molecular weight is 325 g/mol. The normalized spacial score (nSPS) is 13.6. The number of aromatic nitrogens is 5. The molecule has 0 atom stereocenters. The molecule has 3 aromatic rings. The Morgan fingerprint density at radius 3 is 2.25 bits per heavy atom. The number of aromatic amines is 4. The largest absolute Gasteiger partial charge is 0.362 e. The molecule has 0 spiro atoms. The lowest BCUT2D eigenvalue weighted by atomic mass is 9.90. The maximum Gasteiger partial charge on any atom is 0.272 e. The van der Waals surface area contributed by atoms with E-state index < -0.39 is 0 Å². The van der Waals surface area contributed by atoms with Crippen LogP contribution < -0.4 is 21.8 Å². The van der Waals surface area contributed by atoms with Crippen molar-refractivity contribution in [2.45, 2.75) is 26.2 Å². The standard InChI is InChI=1S/C17H19N5O2/c1-17(2,3)14-11(19-9-20-14)8-13-16(24)21-12(15(23)22-13)7-10-5-4-6-18-10/h4-9,18H,1-3H3,(H,19,20)(H,21,24)(H,22,23)/b12-7-,13-8-. The second-order valence-electron chi connectivity index (χ2n) is 6.56. The summed E-state index contributed by atoms with van der Waals surface area (Å²) in [6, 6.07) is 3.61. The van der Waals surface area contributed by atoms with E-state index in [1.165, 1.54) is 0 Å². The third kappa shape index (κ3) is 3.15. The average Bonchev–Trinajstić information content (AvgIpc) is 3.14. The van der Waals surface area contributed by atoms with Gasteiger partial charge in [-0.25, -0.2) is 4.98 Å². The maximum absolute atomic E-state index is 12.3. The van der Waals surface area contributed by atoms with E-state index >= 15 is 0 Å². The first-order chi connectivity index (χ1) is 11.3. The van der Waals surface area contributed by atoms with Crippen LogP contribution in [0.15, 0.2) is 34.2 Å². The topological polar surface area (TPSA) is 110 Å². The van der Waals surface area contributed by atoms with Crippen LogP contribution in [0.25, 0.3) is 12.2 Å². The Bertz CT molecular complexity index is 1080. The van der Waals surface area contributed by atoms with E-state index in [-0.39, 0.29) is 27.2 Å². The van der Waals surface area contributed by atoms with Crippen LogP contribution in [0.1, 0.15) is 37.9 Å². The molecule has 0 aliphatic rings. The zero-order valence-electron chi connectivity index (χ0n) is 13.7. The highest BCUT2D eigenvalue weighted by atomic mass is 16.1. The van der Waals surface area contributed by atoms with Gasteiger partial charge in [-0.2, -0.15) is 0 Å². The summed E-state index contributed by atoms with van der Waals surface area (Å²) in [6.07, 6.45) is 6.48. The fourth-order valence-electron chi connectivity index (χ4n) is 2.44. The second kappa shape index (κ2) is 5.84. The molecule has 3 heterocycles. The SMILES string of the molecule is CC(C)(C)c1[nH]cnc1/C=c1\[nH]c(=O)/c(=C/c2ccc[nH]2)[nH]c1=O. The summed E-state index contributed by atoms with van der Waals surface area (Å²) < 4.78 is 0. The molecule has 24 heavy (non-hydrogen) atoms. The van der Waals surface area contributed by atoms with Gasteiger partial charge in [0.1, 0.15) is 10.7 Å². The minimum absolute atomic E-state index is 0.156. The van der Waals surface area contributed by atoms with E-state index in [1.54, 1.807) is 30.7 Å². The second-order valence-corrected chi connectivity index (χ2v) is 6.56. The van der Waals surface area contributed by atoms with Crippen LogP contribution in [0.3, 0.4) is 0 Å². The van der Waals surface area contributed by atoms with Crippen molar-refractivity contribution in [3.05, 3.63) is 73.1 Å². The lowest BCUT2D eigenvalue weighted by molar-refractivity contribution is 0.571. The Hall–Kier alpha value is -3.09. The van der Waals surface area contributed by atoms with E-state index in [9.17, 15) is 9.59 Å². The van der Waals surface area contributed by atoms with E-state index in [2.05, 4.69) is 24.9 Å². The zero-order valence-corrected chi connectivity index (χ0v) is 13.7. The van der Waals surface area contributed by atoms with Gasteiger partial charge in [-0.3, -0.25) is 9.59 Å². The van der Waals surface area contributed by atoms with Gasteiger partial charge in [0.25, 0.3) is 11.1 Å². The molecule has 3 aromatic heterocycles. The Kier molecular flexibility index (Phi) is 3.84. The van der Waals surface area contributed by atoms with Gasteiger partial charge in [-0.05, 0) is 24.3 Å². The molecule has 0 radical (unpaired) electrons. The van der Waals surface area contributed by atoms with Crippen LogP contribution in [0, 0.1) is 0 Å². The molecule has 4 N–H and O–H groups in total. The Labute approximate surface area is 137 Å². The van der Waals surface area contributed by atoms with Crippen molar-refractivity contribution in [2.75, 3.05) is 0 Å². The van der Waals surface area contributed by atoms with Crippen LogP contribution in [0.2, 0.25) is 0 Å². The smallest absolute Gasteiger partial charge is 0.272 e. The summed E-state index contributed by atoms with van der Waals surface area (Å²) in [5, 5.41) is 0.360. The molecule has 0 unspecified atom stereocenters. The van der Waals surface area contributed by atoms with Crippen LogP contribution in [0.5, 0.6) is 0 Å². The molecule has 0 aromatic carbocycles. The quantitative estimate of drug-likeness (QED) is 0.535. The van der Waals surface area contributed by atoms with Gasteiger partial charge in [-0.1, -0.05) is 20.8 Å². The van der Waals surface area contributed by atoms with Crippen LogP contribution in [0.4, 0.5) is 0 Å². The van der Waals surface area contributed by atoms with Gasteiger partial charge in [0.05, 0.1) is 12.0 Å². The van der Waals surface area contributed by atoms with Crippen molar-refractivity contribution >= 4 is 12.2 Å². The van der Waals surface area contributed by atoms with Crippen LogP contribution in [-0.2, 0) is 5.41 Å². The van der Waals surface area contributed by atoms with Gasteiger partial charge in [0.15, 0.2) is 0 Å². The molecule has 0 saturated carbocycles. The molecule has 3 rings (SSSR count). The summed E-state index contributed by atoms with van der Waals surface area (Å²) >= 11 is 0. The molecule has 0 amide bonds. The third-order valence-electron chi connectivity index (χ3n) is 3.61. The van der Waals surface area contributed by atoms with Gasteiger partial charge in [0, 0.05) is 23.0 Å². The van der Waals surface area contributed by atoms with Crippen molar-refractivity contribution in [1.29, 1.82) is 0 Å². The van der Waals surface area contributed by atoms with E-state index in [1.807, 2.05) is 26.8 Å². The van der Waals surface area contributed by atoms with Gasteiger partial charge >= 0.3 is 0 Å². The Morgan fingerprint density at radius 2 is 1.67 bits per heavy atom. The van der Waals surface area contributed by atoms with Gasteiger partial charge in [0.2, 0.25) is 0 Å². The fourth-order valence-corrected chi connectivity index (χ4v) is 2.44. The van der Waals surface area contributed by atoms with E-state index in [0.29, 0.717) is 5.69 Å². The number of H-pyrrole nitrogens is 4. The molecule has 7 nitrogen and oxygen atoms in total. The van der Waals surface area contributed by atoms with Crippen molar-refractivity contribution in [3.8, 4) is 0 Å². The minimum Gasteiger partial charge on any atom is -0.362 e. The predicted molar refractivity (Wildman–Crippen MR) is 92.1 cm³/mol. The molecule has 0 saturated heterocycles. The Morgan fingerprint density at radius 1 is 1.00 bits per heavy atom. The summed E-state index contributed by atoms with van der Waals surface area (Å²) in [5.74, 6) is 0. The highest BCUT2D eigenvalue weighted by molar-refractivity contribution is 5.48. The Balaban J connectivity index is 2.15. The molecular formula is C17H19N5O2. The maximum atomic E-state index is 12.3. The molecular weight excluding hydrogens is 306 g/mol. The zero-order chi connectivity index (χ0) is 17.3. The molecule has 124 valence electrons. The summed E-state index contributed by atoms with van der Waals surface area (Å²) in [4.78, 5) is 40.0. The van der Waals surface area contributed by atoms with Crippen molar-refractivity contribution in [2.24, 2.45) is 0 Å². The highest BCUT2D eigenvalue weighted by Crippen LogP contribution is 2.22. The lowest BCUT2D eigenvalue weighted by Gasteiger charge is -2.16. The minimum atomic E-state index is -0.379. The third-order valence-corrected chi connectivity index (χ3v) is 3.61. The molecule has 0 aliphatic heterocycles. The number of hydrogen-bond donors (Lipinski definition) is 4. The van der Waals surface area contributed by atoms with E-state index in [4.69, 9.17) is 0 Å². The first-order valence-corrected chi connectivity index (χ1v) is 7.58. The first kappa shape index (κ1) is 15.8. The summed E-state index contributed by atoms with van der Waals surface area (Å²) in [6.45, 7) is 6.12. The predicted octanol–water partition coefficient (Wildman–Crippen LogP) is 0.0695. The molecule has 0 bridgehead atoms.